The molecule has 31 aromatic rings. The van der Waals surface area contributed by atoms with Crippen LogP contribution in [-0.4, -0.2) is 27.4 Å². The van der Waals surface area contributed by atoms with Gasteiger partial charge in [0, 0.05) is 108 Å². The summed E-state index contributed by atoms with van der Waals surface area (Å²) in [6.07, 6.45) is 0. The van der Waals surface area contributed by atoms with Crippen molar-refractivity contribution < 1.29 is 0 Å². The number of hydrogen-bond acceptors (Lipinski definition) is 1. The number of thiophene rings is 1. The number of rotatable bonds is 10. The van der Waals surface area contributed by atoms with Crippen molar-refractivity contribution in [2.75, 3.05) is 0 Å². The summed E-state index contributed by atoms with van der Waals surface area (Å²) in [6.45, 7) is 0. The van der Waals surface area contributed by atoms with E-state index in [0.29, 0.717) is 0 Å². The van der Waals surface area contributed by atoms with Crippen LogP contribution >= 0.6 is 11.3 Å². The Hall–Kier alpha value is -18.7. The van der Waals surface area contributed by atoms with Crippen LogP contribution in [0.15, 0.2) is 522 Å². The van der Waals surface area contributed by atoms with E-state index in [1.807, 2.05) is 11.3 Å². The van der Waals surface area contributed by atoms with Gasteiger partial charge in [-0.05, 0) is 258 Å². The van der Waals surface area contributed by atoms with Gasteiger partial charge in [-0.25, -0.2) is 0 Å². The Balaban J connectivity index is 0.000000102. The Morgan fingerprint density at radius 1 is 0.119 bits per heavy atom. The minimum atomic E-state index is 1.16. The standard InChI is InChI=1S/C48H30N2.C46H30N2.C42H26N2S/c1-2-12-33(13-3-1)49-45-20-10-8-18-40(45)43-28-31(22-26-47(43)49)32-23-27-48-44(29-32)41-19-9-11-21-46(41)50(48)34-24-25-39-37-16-5-4-14-35(37)36-15-6-7-17-38(36)42(39)30-34;1-2-12-31(13-3-1)33-16-10-17-36(28-33)47-43-21-8-6-19-38(43)40-29-34(24-26-45(40)47)35-25-27-46-41(30-35)39-20-7-9-22-44(39)48(46)42-23-11-15-32-14-4-5-18-37(32)42;1-2-11-29(12-3-1)43-36-17-7-4-13-30(36)34-25-27(21-23-38(34)43)28-22-24-39-35(26-28)31-14-5-8-18-37(31)44(39)40-19-10-16-33-32-15-6-9-20-41(32)45-42(33)40/h1-30H;1-30H;1-26H. The van der Waals surface area contributed by atoms with Gasteiger partial charge < -0.3 is 27.4 Å². The normalized spacial score (nSPS) is 11.9. The second-order valence-electron chi connectivity index (χ2n) is 37.7. The molecule has 666 valence electrons. The molecule has 0 saturated heterocycles. The maximum absolute atomic E-state index is 2.46. The van der Waals surface area contributed by atoms with E-state index in [9.17, 15) is 0 Å². The molecule has 0 unspecified atom stereocenters. The first-order chi connectivity index (χ1) is 71.0. The molecule has 7 heteroatoms. The molecule has 7 heterocycles. The average Bonchev–Trinajstić information content (AvgIpc) is 1.61. The van der Waals surface area contributed by atoms with Crippen LogP contribution in [0.1, 0.15) is 0 Å². The van der Waals surface area contributed by atoms with Gasteiger partial charge in [-0.1, -0.05) is 346 Å². The molecular formula is C136H86N6S. The first kappa shape index (κ1) is 81.5. The molecule has 0 atom stereocenters. The molecule has 0 aliphatic rings. The van der Waals surface area contributed by atoms with Gasteiger partial charge in [0.15, 0.2) is 0 Å². The molecule has 0 fully saturated rings. The van der Waals surface area contributed by atoms with Crippen molar-refractivity contribution in [1.82, 2.24) is 27.4 Å². The summed E-state index contributed by atoms with van der Waals surface area (Å²) < 4.78 is 17.1. The van der Waals surface area contributed by atoms with Crippen molar-refractivity contribution >= 4 is 205 Å². The van der Waals surface area contributed by atoms with Crippen molar-refractivity contribution in [3.63, 3.8) is 0 Å². The van der Waals surface area contributed by atoms with Crippen molar-refractivity contribution in [3.05, 3.63) is 522 Å². The Morgan fingerprint density at radius 2 is 0.378 bits per heavy atom. The van der Waals surface area contributed by atoms with E-state index in [4.69, 9.17) is 0 Å². The fourth-order valence-corrected chi connectivity index (χ4v) is 24.7. The van der Waals surface area contributed by atoms with Crippen LogP contribution < -0.4 is 0 Å². The van der Waals surface area contributed by atoms with Gasteiger partial charge in [-0.2, -0.15) is 0 Å². The van der Waals surface area contributed by atoms with E-state index in [0.717, 1.165) is 5.69 Å². The molecule has 0 aliphatic heterocycles. The number of nitrogens with zero attached hydrogens (tertiary/aromatic N) is 6. The van der Waals surface area contributed by atoms with Crippen LogP contribution in [0.2, 0.25) is 0 Å². The van der Waals surface area contributed by atoms with Gasteiger partial charge >= 0.3 is 0 Å². The molecule has 24 aromatic carbocycles. The van der Waals surface area contributed by atoms with E-state index in [-0.39, 0.29) is 0 Å². The molecule has 31 rings (SSSR count). The summed E-state index contributed by atoms with van der Waals surface area (Å²) in [5, 5.41) is 28.1. The number of hydrogen-bond donors (Lipinski definition) is 0. The van der Waals surface area contributed by atoms with Crippen LogP contribution in [0.3, 0.4) is 0 Å². The molecule has 143 heavy (non-hydrogen) atoms. The zero-order valence-corrected chi connectivity index (χ0v) is 78.6. The molecule has 0 radical (unpaired) electrons. The smallest absolute Gasteiger partial charge is 0.0640 e. The van der Waals surface area contributed by atoms with Crippen LogP contribution in [0.25, 0.3) is 273 Å². The summed E-state index contributed by atoms with van der Waals surface area (Å²) in [5.41, 5.74) is 31.5. The van der Waals surface area contributed by atoms with Gasteiger partial charge in [0.05, 0.1) is 82.3 Å². The van der Waals surface area contributed by atoms with Crippen LogP contribution in [0.4, 0.5) is 0 Å². The lowest BCUT2D eigenvalue weighted by molar-refractivity contribution is 1.18. The Bertz CT molecular complexity index is 10600. The summed E-state index contributed by atoms with van der Waals surface area (Å²) in [4.78, 5) is 0. The van der Waals surface area contributed by atoms with E-state index >= 15 is 0 Å². The summed E-state index contributed by atoms with van der Waals surface area (Å²) in [6, 6.07) is 191. The van der Waals surface area contributed by atoms with Gasteiger partial charge in [0.2, 0.25) is 0 Å². The minimum absolute atomic E-state index is 1.16. The maximum atomic E-state index is 2.46. The summed E-state index contributed by atoms with van der Waals surface area (Å²) >= 11 is 1.88. The zero-order valence-electron chi connectivity index (χ0n) is 77.7. The Morgan fingerprint density at radius 3 is 0.804 bits per heavy atom. The molecule has 0 spiro atoms. The fraction of sp³-hybridized carbons (Fsp3) is 0. The first-order valence-corrected chi connectivity index (χ1v) is 50.0. The molecule has 0 aliphatic carbocycles. The highest BCUT2D eigenvalue weighted by Crippen LogP contribution is 2.48. The third kappa shape index (κ3) is 13.1. The summed E-state index contributed by atoms with van der Waals surface area (Å²) in [7, 11) is 0. The monoisotopic (exact) mass is 1830 g/mol. The SMILES string of the molecule is c1ccc(-c2cccc(-n3c4ccccc4c4cc(-c5ccc6c(c5)c5ccccc5n6-c5cccc6ccccc56)ccc43)c2)cc1.c1ccc(-n2c3ccccc3c3cc(-c4ccc5c(c4)c4ccccc4n5-c4ccc5c6ccccc6c6ccccc6c5c4)ccc32)cc1.c1ccc(-n2c3ccccc3c3cc(-c4ccc5c(c4)c4ccccc4n5-c4cccc5c4sc4ccccc45)ccc32)cc1. The van der Waals surface area contributed by atoms with Gasteiger partial charge in [0.25, 0.3) is 0 Å². The highest BCUT2D eigenvalue weighted by Gasteiger charge is 2.25. The predicted octanol–water partition coefficient (Wildman–Crippen LogP) is 37.3. The second kappa shape index (κ2) is 33.0. The van der Waals surface area contributed by atoms with E-state index in [1.165, 1.54) is 267 Å². The number of fused-ring (bicyclic) bond motifs is 28. The largest absolute Gasteiger partial charge is 0.309 e. The first-order valence-electron chi connectivity index (χ1n) is 49.2. The predicted molar refractivity (Wildman–Crippen MR) is 610 cm³/mol. The van der Waals surface area contributed by atoms with E-state index in [2.05, 4.69) is 549 Å². The lowest BCUT2D eigenvalue weighted by Gasteiger charge is -2.14. The van der Waals surface area contributed by atoms with Crippen molar-refractivity contribution in [2.45, 2.75) is 0 Å². The Kier molecular flexibility index (Phi) is 18.8. The van der Waals surface area contributed by atoms with Gasteiger partial charge in [-0.15, -0.1) is 11.3 Å². The maximum Gasteiger partial charge on any atom is 0.0640 e. The Labute approximate surface area is 827 Å². The molecule has 0 saturated carbocycles. The van der Waals surface area contributed by atoms with Crippen LogP contribution in [0, 0.1) is 0 Å². The van der Waals surface area contributed by atoms with Crippen LogP contribution in [0.5, 0.6) is 0 Å². The fourth-order valence-electron chi connectivity index (χ4n) is 23.5. The van der Waals surface area contributed by atoms with E-state index in [1.54, 1.807) is 0 Å². The highest BCUT2D eigenvalue weighted by atomic mass is 32.1. The number of benzene rings is 24. The van der Waals surface area contributed by atoms with Gasteiger partial charge in [0.1, 0.15) is 0 Å². The zero-order chi connectivity index (χ0) is 93.8. The quantitative estimate of drug-likeness (QED) is 0.122. The lowest BCUT2D eigenvalue weighted by Crippen LogP contribution is -1.95. The molecule has 0 bridgehead atoms. The third-order valence-electron chi connectivity index (χ3n) is 29.9. The topological polar surface area (TPSA) is 29.6 Å². The van der Waals surface area contributed by atoms with Crippen LogP contribution in [-0.2, 0) is 0 Å². The van der Waals surface area contributed by atoms with Crippen molar-refractivity contribution in [2.24, 2.45) is 0 Å². The van der Waals surface area contributed by atoms with Crippen molar-refractivity contribution in [3.8, 4) is 78.6 Å². The second-order valence-corrected chi connectivity index (χ2v) is 38.7. The molecular weight excluding hydrogens is 1750 g/mol. The molecule has 6 nitrogen and oxygen atoms in total. The third-order valence-corrected chi connectivity index (χ3v) is 31.1. The highest BCUT2D eigenvalue weighted by molar-refractivity contribution is 7.26. The lowest BCUT2D eigenvalue weighted by atomic mass is 9.94. The molecule has 0 amide bonds. The average molecular weight is 1840 g/mol. The molecule has 0 N–H and O–H groups in total. The van der Waals surface area contributed by atoms with E-state index < -0.39 is 0 Å². The number of aromatic nitrogens is 6. The number of para-hydroxylation sites is 8. The van der Waals surface area contributed by atoms with Crippen molar-refractivity contribution in [1.29, 1.82) is 0 Å². The van der Waals surface area contributed by atoms with Gasteiger partial charge in [-0.3, -0.25) is 0 Å². The minimum Gasteiger partial charge on any atom is -0.309 e. The summed E-state index contributed by atoms with van der Waals surface area (Å²) in [5.74, 6) is 0. The molecule has 7 aromatic heterocycles.